The Bertz CT molecular complexity index is 289. The molecule has 3 nitrogen and oxygen atoms in total. The number of aryl methyl sites for hydroxylation is 2. The second-order valence-electron chi connectivity index (χ2n) is 2.87. The van der Waals surface area contributed by atoms with Crippen LogP contribution in [-0.2, 0) is 6.42 Å². The van der Waals surface area contributed by atoms with Gasteiger partial charge in [0.1, 0.15) is 5.76 Å². The molecular weight excluding hydrogens is 154 g/mol. The van der Waals surface area contributed by atoms with Crippen LogP contribution in [0.15, 0.2) is 4.52 Å². The number of carbonyl (C=O) groups is 1. The lowest BCUT2D eigenvalue weighted by Gasteiger charge is -1.93. The van der Waals surface area contributed by atoms with Crippen molar-refractivity contribution in [2.45, 2.75) is 33.6 Å². The zero-order valence-electron chi connectivity index (χ0n) is 7.68. The molecule has 1 aromatic heterocycles. The molecule has 0 aliphatic rings. The number of ketones is 1. The quantitative estimate of drug-likeness (QED) is 0.648. The number of carbonyl (C=O) groups excluding carboxylic acids is 1. The van der Waals surface area contributed by atoms with E-state index in [2.05, 4.69) is 5.16 Å². The van der Waals surface area contributed by atoms with E-state index in [1.165, 1.54) is 0 Å². The fourth-order valence-corrected chi connectivity index (χ4v) is 1.28. The van der Waals surface area contributed by atoms with Crippen molar-refractivity contribution in [1.82, 2.24) is 5.16 Å². The molecule has 0 saturated carbocycles. The van der Waals surface area contributed by atoms with E-state index in [-0.39, 0.29) is 5.78 Å². The van der Waals surface area contributed by atoms with Crippen molar-refractivity contribution in [2.75, 3.05) is 0 Å². The van der Waals surface area contributed by atoms with E-state index in [0.29, 0.717) is 11.3 Å². The fraction of sp³-hybridized carbons (Fsp3) is 0.556. The maximum absolute atomic E-state index is 11.1. The Kier molecular flexibility index (Phi) is 2.63. The molecule has 0 radical (unpaired) electrons. The third-order valence-corrected chi connectivity index (χ3v) is 1.77. The van der Waals surface area contributed by atoms with Gasteiger partial charge in [0.15, 0.2) is 5.78 Å². The third-order valence-electron chi connectivity index (χ3n) is 1.77. The number of nitrogens with zero attached hydrogens (tertiary/aromatic N) is 1. The van der Waals surface area contributed by atoms with Crippen LogP contribution in [0.25, 0.3) is 0 Å². The summed E-state index contributed by atoms with van der Waals surface area (Å²) >= 11 is 0. The lowest BCUT2D eigenvalue weighted by atomic mass is 10.1. The summed E-state index contributed by atoms with van der Waals surface area (Å²) in [7, 11) is 0. The Morgan fingerprint density at radius 3 is 2.75 bits per heavy atom. The summed E-state index contributed by atoms with van der Waals surface area (Å²) in [6.45, 7) is 5.36. The summed E-state index contributed by atoms with van der Waals surface area (Å²) in [6.07, 6.45) is 1.79. The van der Waals surface area contributed by atoms with Gasteiger partial charge < -0.3 is 4.52 Å². The van der Waals surface area contributed by atoms with Gasteiger partial charge in [-0.05, 0) is 20.3 Å². The first-order valence-electron chi connectivity index (χ1n) is 4.13. The van der Waals surface area contributed by atoms with Crippen LogP contribution in [0.3, 0.4) is 0 Å². The molecule has 3 heteroatoms. The molecule has 0 unspecified atom stereocenters. The highest BCUT2D eigenvalue weighted by atomic mass is 16.5. The fourth-order valence-electron chi connectivity index (χ4n) is 1.28. The first-order chi connectivity index (χ1) is 5.66. The lowest BCUT2D eigenvalue weighted by Crippen LogP contribution is -1.98. The number of rotatable bonds is 3. The van der Waals surface area contributed by atoms with Crippen LogP contribution < -0.4 is 0 Å². The summed E-state index contributed by atoms with van der Waals surface area (Å²) in [5.74, 6) is 0.670. The van der Waals surface area contributed by atoms with E-state index in [1.54, 1.807) is 13.8 Å². The lowest BCUT2D eigenvalue weighted by molar-refractivity contribution is 0.101. The van der Waals surface area contributed by atoms with Crippen molar-refractivity contribution in [1.29, 1.82) is 0 Å². The molecule has 1 rings (SSSR count). The first kappa shape index (κ1) is 8.97. The molecule has 1 aromatic rings. The van der Waals surface area contributed by atoms with Gasteiger partial charge in [-0.3, -0.25) is 4.79 Å². The van der Waals surface area contributed by atoms with Gasteiger partial charge >= 0.3 is 0 Å². The smallest absolute Gasteiger partial charge is 0.165 e. The van der Waals surface area contributed by atoms with E-state index in [9.17, 15) is 4.79 Å². The molecule has 0 N–H and O–H groups in total. The number of Topliss-reactive ketones (excluding diaryl/α,β-unsaturated/α-hetero) is 1. The van der Waals surface area contributed by atoms with E-state index < -0.39 is 0 Å². The van der Waals surface area contributed by atoms with Crippen molar-refractivity contribution in [3.63, 3.8) is 0 Å². The molecule has 0 aromatic carbocycles. The monoisotopic (exact) mass is 167 g/mol. The van der Waals surface area contributed by atoms with Gasteiger partial charge in [0, 0.05) is 0 Å². The summed E-state index contributed by atoms with van der Waals surface area (Å²) in [4.78, 5) is 11.1. The van der Waals surface area contributed by atoms with Crippen LogP contribution in [0.1, 0.15) is 42.1 Å². The maximum atomic E-state index is 11.1. The molecule has 0 aliphatic heterocycles. The van der Waals surface area contributed by atoms with Crippen molar-refractivity contribution >= 4 is 5.78 Å². The van der Waals surface area contributed by atoms with Gasteiger partial charge in [-0.25, -0.2) is 0 Å². The Hall–Kier alpha value is -1.12. The Morgan fingerprint density at radius 2 is 2.25 bits per heavy atom. The average molecular weight is 167 g/mol. The van der Waals surface area contributed by atoms with Gasteiger partial charge in [0.2, 0.25) is 0 Å². The van der Waals surface area contributed by atoms with E-state index in [0.717, 1.165) is 18.5 Å². The maximum Gasteiger partial charge on any atom is 0.165 e. The molecule has 0 amide bonds. The van der Waals surface area contributed by atoms with Gasteiger partial charge in [-0.15, -0.1) is 0 Å². The predicted octanol–water partition coefficient (Wildman–Crippen LogP) is 2.14. The second kappa shape index (κ2) is 3.52. The van der Waals surface area contributed by atoms with Crippen LogP contribution in [0.5, 0.6) is 0 Å². The van der Waals surface area contributed by atoms with E-state index >= 15 is 0 Å². The molecule has 0 bridgehead atoms. The highest BCUT2D eigenvalue weighted by molar-refractivity contribution is 5.95. The average Bonchev–Trinajstić information content (AvgIpc) is 2.32. The Morgan fingerprint density at radius 1 is 1.58 bits per heavy atom. The standard InChI is InChI=1S/C9H13NO2/c1-4-5-8-9(6(2)11)7(3)12-10-8/h4-5H2,1-3H3. The first-order valence-corrected chi connectivity index (χ1v) is 4.13. The van der Waals surface area contributed by atoms with Gasteiger partial charge in [-0.1, -0.05) is 18.5 Å². The molecule has 1 heterocycles. The SMILES string of the molecule is CCCc1noc(C)c1C(C)=O. The van der Waals surface area contributed by atoms with Gasteiger partial charge in [0.05, 0.1) is 11.3 Å². The summed E-state index contributed by atoms with van der Waals surface area (Å²) < 4.78 is 4.94. The van der Waals surface area contributed by atoms with Crippen molar-refractivity contribution < 1.29 is 9.32 Å². The second-order valence-corrected chi connectivity index (χ2v) is 2.87. The summed E-state index contributed by atoms with van der Waals surface area (Å²) in [5, 5.41) is 3.83. The van der Waals surface area contributed by atoms with Crippen molar-refractivity contribution in [2.24, 2.45) is 0 Å². The molecule has 0 fully saturated rings. The predicted molar refractivity (Wildman–Crippen MR) is 45.2 cm³/mol. The number of aromatic nitrogens is 1. The molecule has 66 valence electrons. The zero-order valence-corrected chi connectivity index (χ0v) is 7.68. The van der Waals surface area contributed by atoms with Crippen LogP contribution in [-0.4, -0.2) is 10.9 Å². The van der Waals surface area contributed by atoms with Crippen molar-refractivity contribution in [3.8, 4) is 0 Å². The highest BCUT2D eigenvalue weighted by Crippen LogP contribution is 2.15. The normalized spacial score (nSPS) is 10.2. The van der Waals surface area contributed by atoms with Gasteiger partial charge in [-0.2, -0.15) is 0 Å². The Balaban J connectivity index is 3.04. The third kappa shape index (κ3) is 1.55. The topological polar surface area (TPSA) is 43.1 Å². The number of hydrogen-bond donors (Lipinski definition) is 0. The zero-order chi connectivity index (χ0) is 9.14. The minimum atomic E-state index is 0.0391. The summed E-state index contributed by atoms with van der Waals surface area (Å²) in [5.41, 5.74) is 1.46. The minimum Gasteiger partial charge on any atom is -0.361 e. The van der Waals surface area contributed by atoms with Crippen LogP contribution in [0.2, 0.25) is 0 Å². The molecule has 0 aliphatic carbocycles. The summed E-state index contributed by atoms with van der Waals surface area (Å²) in [6, 6.07) is 0. The number of hydrogen-bond acceptors (Lipinski definition) is 3. The van der Waals surface area contributed by atoms with Crippen LogP contribution in [0.4, 0.5) is 0 Å². The Labute approximate surface area is 71.7 Å². The largest absolute Gasteiger partial charge is 0.361 e. The molecule has 0 spiro atoms. The van der Waals surface area contributed by atoms with Crippen LogP contribution in [0, 0.1) is 6.92 Å². The molecule has 0 atom stereocenters. The van der Waals surface area contributed by atoms with Crippen LogP contribution >= 0.6 is 0 Å². The van der Waals surface area contributed by atoms with E-state index in [1.807, 2.05) is 6.92 Å². The highest BCUT2D eigenvalue weighted by Gasteiger charge is 2.15. The molecular formula is C9H13NO2. The van der Waals surface area contributed by atoms with Crippen molar-refractivity contribution in [3.05, 3.63) is 17.0 Å². The minimum absolute atomic E-state index is 0.0391. The molecule has 0 saturated heterocycles. The van der Waals surface area contributed by atoms with E-state index in [4.69, 9.17) is 4.52 Å². The van der Waals surface area contributed by atoms with Gasteiger partial charge in [0.25, 0.3) is 0 Å². The molecule has 12 heavy (non-hydrogen) atoms.